The second-order valence-corrected chi connectivity index (χ2v) is 39.7. The summed E-state index contributed by atoms with van der Waals surface area (Å²) in [5.41, 5.74) is 3.30. The Labute approximate surface area is 797 Å². The number of piperazine rings is 4. The lowest BCUT2D eigenvalue weighted by molar-refractivity contribution is 0.0510. The molecule has 4 aliphatic carbocycles. The Kier molecular flexibility index (Phi) is 25.0. The predicted molar refractivity (Wildman–Crippen MR) is 526 cm³/mol. The van der Waals surface area contributed by atoms with Gasteiger partial charge in [-0.25, -0.2) is 87.3 Å². The summed E-state index contributed by atoms with van der Waals surface area (Å²) in [4.78, 5) is 91.6. The average molecular weight is 1890 g/mol. The molecule has 12 fully saturated rings. The number of alkyl halides is 4. The van der Waals surface area contributed by atoms with Crippen molar-refractivity contribution >= 4 is 136 Å². The van der Waals surface area contributed by atoms with Crippen molar-refractivity contribution in [3.8, 4) is 0 Å². The van der Waals surface area contributed by atoms with Crippen molar-refractivity contribution in [3.05, 3.63) is 178 Å². The van der Waals surface area contributed by atoms with E-state index >= 15 is 13.2 Å². The number of hydrogen-bond donors (Lipinski definition) is 4. The summed E-state index contributed by atoms with van der Waals surface area (Å²) in [6, 6.07) is 28.0. The van der Waals surface area contributed by atoms with Crippen molar-refractivity contribution in [1.82, 2.24) is 69.8 Å². The van der Waals surface area contributed by atoms with Crippen LogP contribution < -0.4 is 58.8 Å². The average Bonchev–Trinajstić information content (AvgIpc) is 1.20. The molecule has 0 bridgehead atoms. The van der Waals surface area contributed by atoms with E-state index < -0.39 is 22.7 Å². The molecule has 0 radical (unpaired) electrons. The van der Waals surface area contributed by atoms with Crippen molar-refractivity contribution in [2.45, 2.75) is 165 Å². The minimum atomic E-state index is -1.48. The minimum Gasteiger partial charge on any atom is -0.391 e. The van der Waals surface area contributed by atoms with Crippen molar-refractivity contribution in [2.75, 3.05) is 216 Å². The zero-order chi connectivity index (χ0) is 93.5. The summed E-state index contributed by atoms with van der Waals surface area (Å²) in [5, 5.41) is 44.4. The second kappa shape index (κ2) is 37.4. The van der Waals surface area contributed by atoms with Crippen LogP contribution >= 0.6 is 23.2 Å². The van der Waals surface area contributed by atoms with Crippen LogP contribution in [0.2, 0.25) is 10.0 Å². The van der Waals surface area contributed by atoms with E-state index in [-0.39, 0.29) is 47.7 Å². The number of halogens is 6. The molecule has 36 heteroatoms. The molecule has 4 atom stereocenters. The molecule has 18 heterocycles. The van der Waals surface area contributed by atoms with Crippen molar-refractivity contribution in [2.24, 2.45) is 0 Å². The van der Waals surface area contributed by atoms with Crippen LogP contribution in [0.25, 0.3) is 43.6 Å². The number of hydrogen-bond acceptors (Lipinski definition) is 30. The highest BCUT2D eigenvalue weighted by Crippen LogP contribution is 2.53. The molecular formula is C100H116Cl2F4N26O4. The number of anilines is 12. The van der Waals surface area contributed by atoms with Crippen molar-refractivity contribution in [3.63, 3.8) is 0 Å². The number of aromatic nitrogens is 14. The maximum Gasteiger partial charge on any atom is 0.170 e. The lowest BCUT2D eigenvalue weighted by Crippen LogP contribution is -2.47. The summed E-state index contributed by atoms with van der Waals surface area (Å²) >= 11 is 13.5. The molecule has 10 aromatic heterocycles. The second-order valence-electron chi connectivity index (χ2n) is 38.8. The lowest BCUT2D eigenvalue weighted by atomic mass is 9.81. The van der Waals surface area contributed by atoms with Gasteiger partial charge in [0, 0.05) is 215 Å². The van der Waals surface area contributed by atoms with Gasteiger partial charge in [0.05, 0.1) is 68.9 Å². The normalized spacial score (nSPS) is 22.2. The Morgan fingerprint density at radius 1 is 0.287 bits per heavy atom. The van der Waals surface area contributed by atoms with Crippen molar-refractivity contribution < 1.29 is 38.0 Å². The Balaban J connectivity index is 0.000000108. The summed E-state index contributed by atoms with van der Waals surface area (Å²) in [6.45, 7) is 26.2. The van der Waals surface area contributed by atoms with Crippen LogP contribution in [-0.4, -0.2) is 272 Å². The first kappa shape index (κ1) is 90.9. The fourth-order valence-electron chi connectivity index (χ4n) is 20.5. The monoisotopic (exact) mass is 1890 g/mol. The number of fused-ring (bicyclic) bond motifs is 4. The molecule has 8 aliphatic heterocycles. The minimum absolute atomic E-state index is 0.240. The van der Waals surface area contributed by atoms with Gasteiger partial charge in [0.2, 0.25) is 0 Å². The molecule has 12 aromatic rings. The third-order valence-corrected chi connectivity index (χ3v) is 29.9. The number of β-amino-alcohol motifs (C(OH)–C–C–N with tert-alkyl or cyclic N) is 4. The molecule has 136 heavy (non-hydrogen) atoms. The maximum atomic E-state index is 15.5. The first-order valence-electron chi connectivity index (χ1n) is 48.4. The number of benzene rings is 2. The molecular weight excluding hydrogens is 1780 g/mol. The largest absolute Gasteiger partial charge is 0.391 e. The van der Waals surface area contributed by atoms with Crippen molar-refractivity contribution in [1.29, 1.82) is 0 Å². The van der Waals surface area contributed by atoms with Gasteiger partial charge in [0.25, 0.3) is 0 Å². The van der Waals surface area contributed by atoms with Gasteiger partial charge in [-0.2, -0.15) is 0 Å². The molecule has 30 nitrogen and oxygen atoms in total. The van der Waals surface area contributed by atoms with E-state index in [1.54, 1.807) is 12.4 Å². The van der Waals surface area contributed by atoms with Gasteiger partial charge in [-0.15, -0.1) is 0 Å². The molecule has 0 spiro atoms. The first-order valence-corrected chi connectivity index (χ1v) is 49.1. The number of pyridine rings is 6. The van der Waals surface area contributed by atoms with Gasteiger partial charge >= 0.3 is 0 Å². The van der Waals surface area contributed by atoms with Gasteiger partial charge in [0.15, 0.2) is 46.0 Å². The molecule has 24 rings (SSSR count). The molecule has 4 N–H and O–H groups in total. The van der Waals surface area contributed by atoms with Crippen LogP contribution in [0.1, 0.15) is 135 Å². The van der Waals surface area contributed by atoms with Crippen LogP contribution in [0.5, 0.6) is 0 Å². The zero-order valence-electron chi connectivity index (χ0n) is 77.4. The molecule has 712 valence electrons. The summed E-state index contributed by atoms with van der Waals surface area (Å²) in [7, 11) is 0. The molecule has 12 aliphatic rings. The van der Waals surface area contributed by atoms with Gasteiger partial charge in [-0.3, -0.25) is 0 Å². The number of aryl methyl sites for hydroxylation is 4. The smallest absolute Gasteiger partial charge is 0.170 e. The summed E-state index contributed by atoms with van der Waals surface area (Å²) < 4.78 is 61.0. The molecule has 4 saturated carbocycles. The highest BCUT2D eigenvalue weighted by molar-refractivity contribution is 6.36. The van der Waals surface area contributed by atoms with E-state index in [4.69, 9.17) is 43.1 Å². The highest BCUT2D eigenvalue weighted by Gasteiger charge is 2.51. The van der Waals surface area contributed by atoms with Crippen LogP contribution in [0.3, 0.4) is 0 Å². The topological polar surface area (TPSA) is 300 Å². The van der Waals surface area contributed by atoms with Crippen LogP contribution in [0.15, 0.2) is 122 Å². The molecule has 2 aromatic carbocycles. The highest BCUT2D eigenvalue weighted by atomic mass is 35.5. The van der Waals surface area contributed by atoms with Crippen LogP contribution in [0.4, 0.5) is 87.1 Å². The predicted octanol–water partition coefficient (Wildman–Crippen LogP) is 13.6. The first-order chi connectivity index (χ1) is 65.8. The molecule has 0 amide bonds. The quantitative estimate of drug-likeness (QED) is 0.0653. The Bertz CT molecular complexity index is 6430. The molecule has 0 unspecified atom stereocenters. The number of aliphatic hydroxyl groups is 4. The number of aliphatic hydroxyl groups excluding tert-OH is 4. The fraction of sp³-hybridized carbons (Fsp3) is 0.500. The number of nitrogens with zero attached hydrogens (tertiary/aromatic N) is 26. The summed E-state index contributed by atoms with van der Waals surface area (Å²) in [5.74, 6) is 9.77. The standard InChI is InChI=1S/C26H30ClFN6O.C25H28ClFN6O.C25H30FN7O.C24H28FN7O/c1-17-4-2-8-29-23(17)32-10-12-33(13-11-32)24-20-14-18(34-9-5-19(35)16-34)15-21(27)22(20)30-25(31-24)26(28)6-3-7-26;1-16-3-2-7-28-22(16)31-9-11-32(12-10-31)23-19-13-17(33-8-4-18(34)15-33)14-20(26)21(19)29-24(30-23)25(27)5-6-25;1-17-4-2-8-27-22(17)31-10-12-32(13-11-31)23-19-14-21(33-9-5-18(34)16-33)28-15-20(19)29-24(30-23)25(26)6-3-7-25;1-16-3-2-7-26-21(16)30-9-11-31(12-10-30)22-18-13-20(32-8-4-17(33)15-32)27-14-19(18)28-23(29-22)24(25)5-6-24/h2,4,8,14-15,19,35H,3,5-7,9-13,16H2,1H3;2-3,7,13-14,18,34H,4-6,8-12,15H2,1H3;2,4,8,14-15,18,34H,3,5-7,9-13,16H2,1H3;2-3,7,13-14,17,33H,4-6,8-12,15H2,1H3/t19-;2*18-;17-/m1111/s1. The third-order valence-electron chi connectivity index (χ3n) is 29.3. The van der Waals surface area contributed by atoms with Crippen LogP contribution in [-0.2, 0) is 22.7 Å². The van der Waals surface area contributed by atoms with Gasteiger partial charge in [0.1, 0.15) is 58.2 Å². The van der Waals surface area contributed by atoms with E-state index in [9.17, 15) is 24.8 Å². The summed E-state index contributed by atoms with van der Waals surface area (Å²) in [6.07, 6.45) is 17.8. The van der Waals surface area contributed by atoms with E-state index in [0.717, 1.165) is 277 Å². The van der Waals surface area contributed by atoms with E-state index in [1.165, 1.54) is 5.56 Å². The zero-order valence-corrected chi connectivity index (χ0v) is 78.9. The fourth-order valence-corrected chi connectivity index (χ4v) is 21.0. The molecule has 8 saturated heterocycles. The Hall–Kier alpha value is -11.6. The van der Waals surface area contributed by atoms with Gasteiger partial charge in [-0.05, 0) is 201 Å². The third kappa shape index (κ3) is 18.5. The van der Waals surface area contributed by atoms with E-state index in [0.29, 0.717) is 110 Å². The van der Waals surface area contributed by atoms with E-state index in [1.807, 2.05) is 79.4 Å². The number of rotatable bonds is 16. The van der Waals surface area contributed by atoms with Crippen LogP contribution in [0, 0.1) is 27.7 Å². The van der Waals surface area contributed by atoms with Gasteiger partial charge in [-0.1, -0.05) is 47.5 Å². The lowest BCUT2D eigenvalue weighted by Gasteiger charge is -2.38. The van der Waals surface area contributed by atoms with Gasteiger partial charge < -0.3 is 79.2 Å². The Morgan fingerprint density at radius 3 is 0.794 bits per heavy atom. The maximum absolute atomic E-state index is 15.5. The Morgan fingerprint density at radius 2 is 0.544 bits per heavy atom. The van der Waals surface area contributed by atoms with E-state index in [2.05, 4.69) is 167 Å². The SMILES string of the molecule is Cc1cccnc1N1CCN(c2nc(C3(F)CC3)nc3c(Cl)cc(N4CC[C@@H](O)C4)cc23)CC1.Cc1cccnc1N1CCN(c2nc(C3(F)CC3)nc3cnc(N4CC[C@@H](O)C4)cc23)CC1.Cc1cccnc1N1CCN(c2nc(C3(F)CCC3)nc3c(Cl)cc(N4CC[C@@H](O)C4)cc23)CC1.Cc1cccnc1N1CCN(c2nc(C3(F)CCC3)nc3cnc(N4CC[C@@H](O)C4)cc23)CC1.